The molecule has 0 spiro atoms. The molecule has 0 aliphatic carbocycles. The van der Waals surface area contributed by atoms with E-state index in [1.54, 1.807) is 12.1 Å². The molecule has 0 amide bonds. The fourth-order valence-corrected chi connectivity index (χ4v) is 2.30. The fraction of sp³-hybridized carbons (Fsp3) is 0.333. The van der Waals surface area contributed by atoms with E-state index in [1.165, 1.54) is 18.2 Å². The molecule has 0 aliphatic heterocycles. The molecule has 0 radical (unpaired) electrons. The molecule has 1 aromatic carbocycles. The van der Waals surface area contributed by atoms with Gasteiger partial charge in [-0.1, -0.05) is 30.7 Å². The van der Waals surface area contributed by atoms with Crippen LogP contribution in [-0.2, 0) is 9.84 Å². The Hall–Kier alpha value is -1.16. The summed E-state index contributed by atoms with van der Waals surface area (Å²) in [5.41, 5.74) is -1.02. The first kappa shape index (κ1) is 12.9. The van der Waals surface area contributed by atoms with Gasteiger partial charge in [-0.15, -0.1) is 0 Å². The summed E-state index contributed by atoms with van der Waals surface area (Å²) in [6, 6.07) is 6.17. The van der Waals surface area contributed by atoms with E-state index in [9.17, 15) is 12.8 Å². The molecule has 0 aliphatic rings. The third-order valence-corrected chi connectivity index (χ3v) is 3.85. The van der Waals surface area contributed by atoms with E-state index in [2.05, 4.69) is 0 Å². The predicted molar refractivity (Wildman–Crippen MR) is 62.7 cm³/mol. The van der Waals surface area contributed by atoms with Crippen LogP contribution in [0.25, 0.3) is 0 Å². The standard InChI is InChI=1S/C12H15FO2S/c1-3-4-5-12(13)16(14,15)11-8-6-10(2)7-9-11/h4-9,12H,3H2,1-2H3/b5-4-. The van der Waals surface area contributed by atoms with Gasteiger partial charge in [-0.3, -0.25) is 0 Å². The molecule has 1 aromatic rings. The summed E-state index contributed by atoms with van der Waals surface area (Å²) in [5.74, 6) is 0. The average Bonchev–Trinajstić information content (AvgIpc) is 2.26. The van der Waals surface area contributed by atoms with E-state index >= 15 is 0 Å². The molecule has 2 nitrogen and oxygen atoms in total. The van der Waals surface area contributed by atoms with Crippen LogP contribution in [-0.4, -0.2) is 13.9 Å². The highest BCUT2D eigenvalue weighted by Crippen LogP contribution is 2.18. The molecule has 16 heavy (non-hydrogen) atoms. The van der Waals surface area contributed by atoms with Crippen molar-refractivity contribution >= 4 is 9.84 Å². The van der Waals surface area contributed by atoms with E-state index in [0.717, 1.165) is 11.6 Å². The van der Waals surface area contributed by atoms with Crippen molar-refractivity contribution in [2.24, 2.45) is 0 Å². The summed E-state index contributed by atoms with van der Waals surface area (Å²) in [7, 11) is -3.88. The van der Waals surface area contributed by atoms with E-state index in [-0.39, 0.29) is 4.90 Å². The maximum atomic E-state index is 13.5. The Labute approximate surface area is 95.7 Å². The first-order valence-corrected chi connectivity index (χ1v) is 6.64. The Bertz CT molecular complexity index is 460. The van der Waals surface area contributed by atoms with E-state index < -0.39 is 15.3 Å². The summed E-state index contributed by atoms with van der Waals surface area (Å²) in [6.45, 7) is 3.67. The number of allylic oxidation sites excluding steroid dienone is 1. The number of rotatable bonds is 4. The van der Waals surface area contributed by atoms with Gasteiger partial charge in [0, 0.05) is 0 Å². The zero-order valence-electron chi connectivity index (χ0n) is 9.35. The Balaban J connectivity index is 3.02. The summed E-state index contributed by atoms with van der Waals surface area (Å²) in [5, 5.41) is 0. The number of hydrogen-bond acceptors (Lipinski definition) is 2. The molecular formula is C12H15FO2S. The molecule has 1 atom stereocenters. The SMILES string of the molecule is CC/C=C\C(F)S(=O)(=O)c1ccc(C)cc1. The lowest BCUT2D eigenvalue weighted by Crippen LogP contribution is -2.14. The van der Waals surface area contributed by atoms with Crippen LogP contribution in [0.15, 0.2) is 41.3 Å². The summed E-state index contributed by atoms with van der Waals surface area (Å²) >= 11 is 0. The lowest BCUT2D eigenvalue weighted by atomic mass is 10.2. The van der Waals surface area contributed by atoms with Gasteiger partial charge < -0.3 is 0 Å². The number of halogens is 1. The van der Waals surface area contributed by atoms with Crippen molar-refractivity contribution in [2.75, 3.05) is 0 Å². The van der Waals surface area contributed by atoms with Gasteiger partial charge in [-0.05, 0) is 31.6 Å². The molecule has 88 valence electrons. The Kier molecular flexibility index (Phi) is 4.24. The molecule has 0 fully saturated rings. The predicted octanol–water partition coefficient (Wildman–Crippen LogP) is 3.03. The minimum absolute atomic E-state index is 0.0198. The Morgan fingerprint density at radius 2 is 1.88 bits per heavy atom. The van der Waals surface area contributed by atoms with E-state index in [4.69, 9.17) is 0 Å². The Morgan fingerprint density at radius 3 is 2.38 bits per heavy atom. The molecule has 0 saturated carbocycles. The smallest absolute Gasteiger partial charge is 0.223 e. The monoisotopic (exact) mass is 242 g/mol. The summed E-state index contributed by atoms with van der Waals surface area (Å²) < 4.78 is 36.9. The Morgan fingerprint density at radius 1 is 1.31 bits per heavy atom. The molecular weight excluding hydrogens is 227 g/mol. The van der Waals surface area contributed by atoms with Crippen molar-refractivity contribution in [3.05, 3.63) is 42.0 Å². The second-order valence-corrected chi connectivity index (χ2v) is 5.56. The van der Waals surface area contributed by atoms with Crippen LogP contribution in [0.5, 0.6) is 0 Å². The normalized spacial score (nSPS) is 14.2. The maximum Gasteiger partial charge on any atom is 0.223 e. The molecule has 0 aromatic heterocycles. The molecule has 0 N–H and O–H groups in total. The van der Waals surface area contributed by atoms with Crippen molar-refractivity contribution in [2.45, 2.75) is 30.7 Å². The van der Waals surface area contributed by atoms with Gasteiger partial charge >= 0.3 is 0 Å². The third-order valence-electron chi connectivity index (χ3n) is 2.17. The molecule has 1 rings (SSSR count). The van der Waals surface area contributed by atoms with Gasteiger partial charge in [0.25, 0.3) is 0 Å². The van der Waals surface area contributed by atoms with Crippen LogP contribution in [0.1, 0.15) is 18.9 Å². The van der Waals surface area contributed by atoms with Crippen molar-refractivity contribution in [1.29, 1.82) is 0 Å². The largest absolute Gasteiger partial charge is 0.225 e. The number of aryl methyl sites for hydroxylation is 1. The highest BCUT2D eigenvalue weighted by molar-refractivity contribution is 7.92. The van der Waals surface area contributed by atoms with Crippen molar-refractivity contribution in [3.8, 4) is 0 Å². The van der Waals surface area contributed by atoms with E-state index in [0.29, 0.717) is 6.42 Å². The number of sulfone groups is 1. The number of alkyl halides is 1. The summed E-state index contributed by atoms with van der Waals surface area (Å²) in [6.07, 6.45) is 3.20. The summed E-state index contributed by atoms with van der Waals surface area (Å²) in [4.78, 5) is 0.0198. The van der Waals surface area contributed by atoms with Crippen LogP contribution in [0.4, 0.5) is 4.39 Å². The van der Waals surface area contributed by atoms with Crippen LogP contribution in [0.3, 0.4) is 0 Å². The number of benzene rings is 1. The molecule has 1 unspecified atom stereocenters. The second-order valence-electron chi connectivity index (χ2n) is 3.55. The second kappa shape index (κ2) is 5.25. The van der Waals surface area contributed by atoms with Crippen LogP contribution < -0.4 is 0 Å². The van der Waals surface area contributed by atoms with Gasteiger partial charge in [-0.2, -0.15) is 0 Å². The van der Waals surface area contributed by atoms with Crippen molar-refractivity contribution in [1.82, 2.24) is 0 Å². The van der Waals surface area contributed by atoms with Gasteiger partial charge in [0.05, 0.1) is 4.90 Å². The fourth-order valence-electron chi connectivity index (χ4n) is 1.20. The highest BCUT2D eigenvalue weighted by atomic mass is 32.2. The molecule has 0 saturated heterocycles. The first-order chi connectivity index (χ1) is 7.48. The zero-order chi connectivity index (χ0) is 12.2. The average molecular weight is 242 g/mol. The zero-order valence-corrected chi connectivity index (χ0v) is 10.2. The van der Waals surface area contributed by atoms with Crippen molar-refractivity contribution < 1.29 is 12.8 Å². The van der Waals surface area contributed by atoms with Gasteiger partial charge in [0.2, 0.25) is 15.3 Å². The van der Waals surface area contributed by atoms with E-state index in [1.807, 2.05) is 13.8 Å². The molecule has 4 heteroatoms. The lowest BCUT2D eigenvalue weighted by molar-refractivity contribution is 0.473. The maximum absolute atomic E-state index is 13.5. The van der Waals surface area contributed by atoms with Crippen LogP contribution in [0, 0.1) is 6.92 Å². The van der Waals surface area contributed by atoms with Crippen LogP contribution >= 0.6 is 0 Å². The van der Waals surface area contributed by atoms with Crippen molar-refractivity contribution in [3.63, 3.8) is 0 Å². The molecule has 0 heterocycles. The van der Waals surface area contributed by atoms with Gasteiger partial charge in [0.15, 0.2) is 0 Å². The van der Waals surface area contributed by atoms with Crippen LogP contribution in [0.2, 0.25) is 0 Å². The topological polar surface area (TPSA) is 34.1 Å². The quantitative estimate of drug-likeness (QED) is 0.760. The third kappa shape index (κ3) is 2.92. The molecule has 0 bridgehead atoms. The minimum atomic E-state index is -3.88. The number of hydrogen-bond donors (Lipinski definition) is 0. The lowest BCUT2D eigenvalue weighted by Gasteiger charge is -2.06. The van der Waals surface area contributed by atoms with Gasteiger partial charge in [0.1, 0.15) is 0 Å². The van der Waals surface area contributed by atoms with Gasteiger partial charge in [-0.25, -0.2) is 12.8 Å². The first-order valence-electron chi connectivity index (χ1n) is 5.09. The highest BCUT2D eigenvalue weighted by Gasteiger charge is 2.24. The minimum Gasteiger partial charge on any atom is -0.225 e.